The van der Waals surface area contributed by atoms with Crippen LogP contribution in [0.3, 0.4) is 0 Å². The fraction of sp³-hybridized carbons (Fsp3) is 0.200. The largest absolute Gasteiger partial charge is 0.387 e. The van der Waals surface area contributed by atoms with Gasteiger partial charge in [-0.3, -0.25) is 10.1 Å². The molecule has 7 heteroatoms. The zero-order valence-corrected chi connectivity index (χ0v) is 9.83. The van der Waals surface area contributed by atoms with Crippen LogP contribution in [0.1, 0.15) is 18.9 Å². The van der Waals surface area contributed by atoms with Crippen LogP contribution >= 0.6 is 12.2 Å². The van der Waals surface area contributed by atoms with E-state index in [1.54, 1.807) is 6.92 Å². The van der Waals surface area contributed by atoms with Crippen molar-refractivity contribution >= 4 is 28.7 Å². The van der Waals surface area contributed by atoms with Gasteiger partial charge in [-0.2, -0.15) is 4.39 Å². The number of rotatable bonds is 3. The van der Waals surface area contributed by atoms with Gasteiger partial charge in [0.05, 0.1) is 4.92 Å². The Bertz CT molecular complexity index is 502. The number of amidine groups is 1. The fourth-order valence-electron chi connectivity index (χ4n) is 1.06. The standard InChI is InChI=1S/C10H10FN3O2S/c1-2-9(12)13-10(17)6-3-4-7(11)8(5-6)14(15)16/h3-5H,2H2,1H3,(H2,12,13,17). The molecule has 0 bridgehead atoms. The van der Waals surface area contributed by atoms with Crippen LogP contribution in [-0.4, -0.2) is 15.7 Å². The van der Waals surface area contributed by atoms with Gasteiger partial charge in [0.25, 0.3) is 0 Å². The predicted molar refractivity (Wildman–Crippen MR) is 66.7 cm³/mol. The number of hydrogen-bond donors (Lipinski definition) is 1. The van der Waals surface area contributed by atoms with Crippen molar-refractivity contribution < 1.29 is 9.31 Å². The lowest BCUT2D eigenvalue weighted by Crippen LogP contribution is -2.12. The third-order valence-electron chi connectivity index (χ3n) is 2.00. The molecule has 5 nitrogen and oxygen atoms in total. The zero-order valence-electron chi connectivity index (χ0n) is 9.01. The number of nitrogens with zero attached hydrogens (tertiary/aromatic N) is 2. The van der Waals surface area contributed by atoms with Crippen LogP contribution < -0.4 is 5.73 Å². The Morgan fingerprint density at radius 2 is 2.29 bits per heavy atom. The Morgan fingerprint density at radius 1 is 1.65 bits per heavy atom. The van der Waals surface area contributed by atoms with Crippen molar-refractivity contribution in [1.82, 2.24) is 0 Å². The monoisotopic (exact) mass is 255 g/mol. The van der Waals surface area contributed by atoms with Gasteiger partial charge in [-0.25, -0.2) is 4.99 Å². The summed E-state index contributed by atoms with van der Waals surface area (Å²) in [7, 11) is 0. The van der Waals surface area contributed by atoms with E-state index in [0.717, 1.165) is 12.1 Å². The van der Waals surface area contributed by atoms with Crippen molar-refractivity contribution in [2.24, 2.45) is 10.7 Å². The number of nitro benzene ring substituents is 1. The Hall–Kier alpha value is -1.89. The van der Waals surface area contributed by atoms with Gasteiger partial charge in [-0.15, -0.1) is 0 Å². The number of aliphatic imine (C=N–C) groups is 1. The summed E-state index contributed by atoms with van der Waals surface area (Å²) in [6.45, 7) is 1.80. The quantitative estimate of drug-likeness (QED) is 0.295. The molecule has 0 saturated heterocycles. The first-order valence-electron chi connectivity index (χ1n) is 4.77. The summed E-state index contributed by atoms with van der Waals surface area (Å²) in [6, 6.07) is 3.36. The smallest absolute Gasteiger partial charge is 0.305 e. The Balaban J connectivity index is 3.12. The highest BCUT2D eigenvalue weighted by molar-refractivity contribution is 7.80. The van der Waals surface area contributed by atoms with E-state index < -0.39 is 16.4 Å². The summed E-state index contributed by atoms with van der Waals surface area (Å²) in [5.41, 5.74) is 5.16. The second kappa shape index (κ2) is 5.44. The number of hydrogen-bond acceptors (Lipinski definition) is 3. The van der Waals surface area contributed by atoms with Gasteiger partial charge in [-0.1, -0.05) is 19.1 Å². The van der Waals surface area contributed by atoms with E-state index in [0.29, 0.717) is 17.8 Å². The number of benzene rings is 1. The molecule has 1 rings (SSSR count). The molecule has 0 spiro atoms. The van der Waals surface area contributed by atoms with Crippen molar-refractivity contribution in [3.05, 3.63) is 39.7 Å². The SMILES string of the molecule is CCC(N)=NC(=S)c1ccc(F)c([N+](=O)[O-])c1. The molecular formula is C10H10FN3O2S. The summed E-state index contributed by atoms with van der Waals surface area (Å²) >= 11 is 4.94. The molecule has 0 aliphatic carbocycles. The highest BCUT2D eigenvalue weighted by Crippen LogP contribution is 2.19. The van der Waals surface area contributed by atoms with E-state index in [1.807, 2.05) is 0 Å². The van der Waals surface area contributed by atoms with Gasteiger partial charge in [0.15, 0.2) is 0 Å². The molecule has 1 aromatic carbocycles. The molecular weight excluding hydrogens is 245 g/mol. The van der Waals surface area contributed by atoms with Crippen LogP contribution in [0.2, 0.25) is 0 Å². The molecule has 0 aliphatic rings. The molecule has 0 aliphatic heterocycles. The minimum atomic E-state index is -0.908. The average molecular weight is 255 g/mol. The summed E-state index contributed by atoms with van der Waals surface area (Å²) < 4.78 is 13.1. The first-order valence-corrected chi connectivity index (χ1v) is 5.17. The van der Waals surface area contributed by atoms with E-state index in [4.69, 9.17) is 18.0 Å². The lowest BCUT2D eigenvalue weighted by molar-refractivity contribution is -0.387. The summed E-state index contributed by atoms with van der Waals surface area (Å²) in [5, 5.41) is 10.5. The highest BCUT2D eigenvalue weighted by Gasteiger charge is 2.15. The summed E-state index contributed by atoms with van der Waals surface area (Å²) in [5.74, 6) is -0.587. The van der Waals surface area contributed by atoms with E-state index in [9.17, 15) is 14.5 Å². The van der Waals surface area contributed by atoms with Crippen LogP contribution in [0.25, 0.3) is 0 Å². The minimum absolute atomic E-state index is 0.104. The molecule has 0 aromatic heterocycles. The molecule has 0 amide bonds. The molecule has 1 aromatic rings. The maximum atomic E-state index is 13.1. The van der Waals surface area contributed by atoms with E-state index in [-0.39, 0.29) is 4.99 Å². The van der Waals surface area contributed by atoms with Gasteiger partial charge in [-0.05, 0) is 12.1 Å². The van der Waals surface area contributed by atoms with Gasteiger partial charge in [0, 0.05) is 18.1 Å². The van der Waals surface area contributed by atoms with Crippen molar-refractivity contribution in [3.63, 3.8) is 0 Å². The molecule has 90 valence electrons. The van der Waals surface area contributed by atoms with Crippen LogP contribution in [0.5, 0.6) is 0 Å². The average Bonchev–Trinajstić information content (AvgIpc) is 2.28. The van der Waals surface area contributed by atoms with Crippen LogP contribution in [0, 0.1) is 15.9 Å². The Kier molecular flexibility index (Phi) is 4.22. The first-order chi connectivity index (χ1) is 7.95. The van der Waals surface area contributed by atoms with Crippen molar-refractivity contribution in [1.29, 1.82) is 0 Å². The molecule has 0 heterocycles. The highest BCUT2D eigenvalue weighted by atomic mass is 32.1. The fourth-order valence-corrected chi connectivity index (χ4v) is 1.30. The van der Waals surface area contributed by atoms with Crippen LogP contribution in [0.4, 0.5) is 10.1 Å². The lowest BCUT2D eigenvalue weighted by Gasteiger charge is -2.01. The number of thiocarbonyl (C=S) groups is 1. The predicted octanol–water partition coefficient (Wildman–Crippen LogP) is 2.18. The van der Waals surface area contributed by atoms with E-state index in [2.05, 4.69) is 4.99 Å². The van der Waals surface area contributed by atoms with Crippen molar-refractivity contribution in [2.45, 2.75) is 13.3 Å². The first kappa shape index (κ1) is 13.2. The topological polar surface area (TPSA) is 81.5 Å². The molecule has 17 heavy (non-hydrogen) atoms. The van der Waals surface area contributed by atoms with Crippen LogP contribution in [0.15, 0.2) is 23.2 Å². The van der Waals surface area contributed by atoms with Crippen molar-refractivity contribution in [2.75, 3.05) is 0 Å². The minimum Gasteiger partial charge on any atom is -0.387 e. The lowest BCUT2D eigenvalue weighted by atomic mass is 10.2. The maximum absolute atomic E-state index is 13.1. The van der Waals surface area contributed by atoms with Gasteiger partial charge < -0.3 is 5.73 Å². The molecule has 0 radical (unpaired) electrons. The molecule has 0 saturated carbocycles. The zero-order chi connectivity index (χ0) is 13.0. The number of nitrogens with two attached hydrogens (primary N) is 1. The van der Waals surface area contributed by atoms with Gasteiger partial charge >= 0.3 is 5.69 Å². The molecule has 0 unspecified atom stereocenters. The summed E-state index contributed by atoms with van der Waals surface area (Å²) in [6.07, 6.45) is 0.517. The number of halogens is 1. The van der Waals surface area contributed by atoms with Gasteiger partial charge in [0.2, 0.25) is 5.82 Å². The van der Waals surface area contributed by atoms with E-state index >= 15 is 0 Å². The second-order valence-corrected chi connectivity index (χ2v) is 3.57. The maximum Gasteiger partial charge on any atom is 0.305 e. The van der Waals surface area contributed by atoms with E-state index in [1.165, 1.54) is 6.07 Å². The van der Waals surface area contributed by atoms with Gasteiger partial charge in [0.1, 0.15) is 10.8 Å². The normalized spacial score (nSPS) is 11.3. The molecule has 0 fully saturated rings. The third-order valence-corrected chi connectivity index (χ3v) is 2.32. The molecule has 0 atom stereocenters. The molecule has 2 N–H and O–H groups in total. The third kappa shape index (κ3) is 3.28. The second-order valence-electron chi connectivity index (χ2n) is 3.19. The Labute approximate surface area is 102 Å². The van der Waals surface area contributed by atoms with Crippen LogP contribution in [-0.2, 0) is 0 Å². The Morgan fingerprint density at radius 3 is 2.82 bits per heavy atom. The van der Waals surface area contributed by atoms with Crippen molar-refractivity contribution in [3.8, 4) is 0 Å². The number of nitro groups is 1. The summed E-state index contributed by atoms with van der Waals surface area (Å²) in [4.78, 5) is 13.7.